The van der Waals surface area contributed by atoms with Gasteiger partial charge in [-0.2, -0.15) is 0 Å². The molecule has 0 aliphatic rings. The van der Waals surface area contributed by atoms with Gasteiger partial charge in [0.05, 0.1) is 0 Å². The number of rotatable bonds is 3. The standard InChI is InChI=1S/C62H36S/c1-2-14-41-37(13-1)25-26-38-27-28-39(33-54(38)41)42-31-32-53(44-16-4-3-15-43(42)44)62-51-22-9-7-20-49(51)61(50-21-8-10-23-52(50)62)40-29-30-47-55(34-40)45-17-5-6-18-46(45)56-35-58-48-19-11-12-24-59(48)63-60(58)36-57(47)56/h1-36H. The van der Waals surface area contributed by atoms with E-state index in [0.717, 1.165) is 0 Å². The predicted molar refractivity (Wildman–Crippen MR) is 276 cm³/mol. The van der Waals surface area contributed by atoms with Crippen molar-refractivity contribution in [2.75, 3.05) is 0 Å². The monoisotopic (exact) mass is 812 g/mol. The van der Waals surface area contributed by atoms with E-state index < -0.39 is 0 Å². The summed E-state index contributed by atoms with van der Waals surface area (Å²) >= 11 is 1.89. The minimum atomic E-state index is 1.23. The summed E-state index contributed by atoms with van der Waals surface area (Å²) in [5, 5.41) is 23.1. The molecule has 0 amide bonds. The Morgan fingerprint density at radius 3 is 1.38 bits per heavy atom. The van der Waals surface area contributed by atoms with Gasteiger partial charge in [-0.1, -0.05) is 188 Å². The van der Waals surface area contributed by atoms with Crippen molar-refractivity contribution in [3.05, 3.63) is 218 Å². The molecule has 0 N–H and O–H groups in total. The second kappa shape index (κ2) is 13.3. The topological polar surface area (TPSA) is 0 Å². The lowest BCUT2D eigenvalue weighted by Crippen LogP contribution is -1.93. The molecule has 0 fully saturated rings. The van der Waals surface area contributed by atoms with Crippen molar-refractivity contribution in [3.63, 3.8) is 0 Å². The molecule has 14 rings (SSSR count). The molecule has 0 spiro atoms. The van der Waals surface area contributed by atoms with Crippen molar-refractivity contribution in [3.8, 4) is 33.4 Å². The van der Waals surface area contributed by atoms with Gasteiger partial charge in [-0.25, -0.2) is 0 Å². The van der Waals surface area contributed by atoms with Crippen LogP contribution in [-0.2, 0) is 0 Å². The highest BCUT2D eigenvalue weighted by molar-refractivity contribution is 7.25. The van der Waals surface area contributed by atoms with E-state index in [4.69, 9.17) is 0 Å². The Balaban J connectivity index is 1.00. The van der Waals surface area contributed by atoms with Crippen molar-refractivity contribution in [2.24, 2.45) is 0 Å². The van der Waals surface area contributed by atoms with Crippen LogP contribution in [0.5, 0.6) is 0 Å². The molecule has 0 aliphatic heterocycles. The van der Waals surface area contributed by atoms with Crippen LogP contribution in [0.4, 0.5) is 0 Å². The largest absolute Gasteiger partial charge is 0.135 e. The van der Waals surface area contributed by atoms with E-state index in [0.29, 0.717) is 0 Å². The van der Waals surface area contributed by atoms with E-state index in [-0.39, 0.29) is 0 Å². The number of hydrogen-bond acceptors (Lipinski definition) is 1. The molecule has 0 radical (unpaired) electrons. The molecule has 0 bridgehead atoms. The third-order valence-corrected chi connectivity index (χ3v) is 14.9. The Hall–Kier alpha value is -7.84. The maximum atomic E-state index is 2.47. The third kappa shape index (κ3) is 5.09. The molecule has 0 aliphatic carbocycles. The summed E-state index contributed by atoms with van der Waals surface area (Å²) in [5.41, 5.74) is 7.53. The first-order valence-corrected chi connectivity index (χ1v) is 22.6. The minimum Gasteiger partial charge on any atom is -0.135 e. The molecule has 290 valence electrons. The van der Waals surface area contributed by atoms with Crippen molar-refractivity contribution in [2.45, 2.75) is 0 Å². The van der Waals surface area contributed by atoms with Crippen molar-refractivity contribution in [1.82, 2.24) is 0 Å². The first-order valence-electron chi connectivity index (χ1n) is 21.8. The molecule has 0 nitrogen and oxygen atoms in total. The maximum absolute atomic E-state index is 2.47. The molecular formula is C62H36S. The van der Waals surface area contributed by atoms with Gasteiger partial charge in [0.15, 0.2) is 0 Å². The Kier molecular flexibility index (Phi) is 7.37. The molecule has 13 aromatic carbocycles. The molecular weight excluding hydrogens is 777 g/mol. The van der Waals surface area contributed by atoms with Crippen LogP contribution < -0.4 is 0 Å². The summed E-state index contributed by atoms with van der Waals surface area (Å²) in [7, 11) is 0. The first-order chi connectivity index (χ1) is 31.2. The van der Waals surface area contributed by atoms with Crippen LogP contribution in [0.1, 0.15) is 0 Å². The van der Waals surface area contributed by atoms with Gasteiger partial charge >= 0.3 is 0 Å². The van der Waals surface area contributed by atoms with E-state index in [1.807, 2.05) is 11.3 Å². The van der Waals surface area contributed by atoms with Crippen molar-refractivity contribution in [1.29, 1.82) is 0 Å². The van der Waals surface area contributed by atoms with Crippen LogP contribution in [0.2, 0.25) is 0 Å². The number of hydrogen-bond donors (Lipinski definition) is 0. The molecule has 1 aromatic heterocycles. The summed E-state index contributed by atoms with van der Waals surface area (Å²) in [6, 6.07) is 81.9. The van der Waals surface area contributed by atoms with Crippen LogP contribution >= 0.6 is 11.3 Å². The quantitative estimate of drug-likeness (QED) is 0.123. The Labute approximate surface area is 367 Å². The molecule has 0 unspecified atom stereocenters. The fourth-order valence-corrected chi connectivity index (χ4v) is 12.1. The van der Waals surface area contributed by atoms with E-state index in [9.17, 15) is 0 Å². The summed E-state index contributed by atoms with van der Waals surface area (Å²) < 4.78 is 2.67. The van der Waals surface area contributed by atoms with Gasteiger partial charge in [0, 0.05) is 20.2 Å². The normalized spacial score (nSPS) is 12.1. The average molecular weight is 813 g/mol. The maximum Gasteiger partial charge on any atom is 0.0362 e. The zero-order valence-corrected chi connectivity index (χ0v) is 35.0. The van der Waals surface area contributed by atoms with E-state index in [2.05, 4.69) is 218 Å². The fourth-order valence-electron chi connectivity index (χ4n) is 11.0. The lowest BCUT2D eigenvalue weighted by molar-refractivity contribution is 1.67. The highest BCUT2D eigenvalue weighted by atomic mass is 32.1. The number of fused-ring (bicyclic) bond motifs is 15. The Bertz CT molecular complexity index is 4200. The molecule has 0 saturated heterocycles. The van der Waals surface area contributed by atoms with Gasteiger partial charge in [-0.15, -0.1) is 11.3 Å². The first kappa shape index (κ1) is 34.8. The molecule has 1 heterocycles. The van der Waals surface area contributed by atoms with Crippen LogP contribution in [0.15, 0.2) is 218 Å². The van der Waals surface area contributed by atoms with Gasteiger partial charge < -0.3 is 0 Å². The minimum absolute atomic E-state index is 1.23. The van der Waals surface area contributed by atoms with Crippen LogP contribution in [0.25, 0.3) is 140 Å². The zero-order chi connectivity index (χ0) is 41.2. The van der Waals surface area contributed by atoms with Gasteiger partial charge in [0.25, 0.3) is 0 Å². The number of thiophene rings is 1. The smallest absolute Gasteiger partial charge is 0.0362 e. The van der Waals surface area contributed by atoms with E-state index in [1.165, 1.54) is 140 Å². The highest BCUT2D eigenvalue weighted by Crippen LogP contribution is 2.48. The highest BCUT2D eigenvalue weighted by Gasteiger charge is 2.21. The lowest BCUT2D eigenvalue weighted by Gasteiger charge is -2.20. The molecule has 14 aromatic rings. The van der Waals surface area contributed by atoms with Gasteiger partial charge in [-0.05, 0) is 150 Å². The molecule has 1 heteroatoms. The SMILES string of the molecule is c1ccc2c(c1)ccc1ccc(-c3ccc(-c4c5ccccc5c(-c5ccc6c(c5)c5ccccc5c5cc7c(cc65)sc5ccccc57)c5ccccc45)c4ccccc34)cc12. The van der Waals surface area contributed by atoms with E-state index >= 15 is 0 Å². The van der Waals surface area contributed by atoms with Gasteiger partial charge in [0.2, 0.25) is 0 Å². The van der Waals surface area contributed by atoms with Crippen LogP contribution in [-0.4, -0.2) is 0 Å². The number of benzene rings is 13. The molecule has 0 atom stereocenters. The van der Waals surface area contributed by atoms with Gasteiger partial charge in [0.1, 0.15) is 0 Å². The average Bonchev–Trinajstić information content (AvgIpc) is 3.72. The summed E-state index contributed by atoms with van der Waals surface area (Å²) in [4.78, 5) is 0. The van der Waals surface area contributed by atoms with E-state index in [1.54, 1.807) is 0 Å². The summed E-state index contributed by atoms with van der Waals surface area (Å²) in [6.45, 7) is 0. The zero-order valence-electron chi connectivity index (χ0n) is 34.2. The van der Waals surface area contributed by atoms with Crippen LogP contribution in [0, 0.1) is 0 Å². The third-order valence-electron chi connectivity index (χ3n) is 13.8. The fraction of sp³-hybridized carbons (Fsp3) is 0. The summed E-state index contributed by atoms with van der Waals surface area (Å²) in [5.74, 6) is 0. The van der Waals surface area contributed by atoms with Crippen molar-refractivity contribution < 1.29 is 0 Å². The molecule has 0 saturated carbocycles. The van der Waals surface area contributed by atoms with Gasteiger partial charge in [-0.3, -0.25) is 0 Å². The van der Waals surface area contributed by atoms with Crippen LogP contribution in [0.3, 0.4) is 0 Å². The second-order valence-corrected chi connectivity index (χ2v) is 18.2. The predicted octanol–water partition coefficient (Wildman–Crippen LogP) is 18.3. The molecule has 63 heavy (non-hydrogen) atoms. The second-order valence-electron chi connectivity index (χ2n) is 17.1. The Morgan fingerprint density at radius 1 is 0.206 bits per heavy atom. The Morgan fingerprint density at radius 2 is 0.667 bits per heavy atom. The van der Waals surface area contributed by atoms with Crippen molar-refractivity contribution >= 4 is 118 Å². The lowest BCUT2D eigenvalue weighted by atomic mass is 9.83. The summed E-state index contributed by atoms with van der Waals surface area (Å²) in [6.07, 6.45) is 0.